The summed E-state index contributed by atoms with van der Waals surface area (Å²) in [6, 6.07) is 16.3. The summed E-state index contributed by atoms with van der Waals surface area (Å²) >= 11 is 11.8. The highest BCUT2D eigenvalue weighted by molar-refractivity contribution is 6.31. The highest BCUT2D eigenvalue weighted by Crippen LogP contribution is 2.17. The Bertz CT molecular complexity index is 882. The first-order chi connectivity index (χ1) is 12.1. The molecule has 0 radical (unpaired) electrons. The fourth-order valence-corrected chi connectivity index (χ4v) is 2.55. The van der Waals surface area contributed by atoms with Crippen molar-refractivity contribution in [3.63, 3.8) is 0 Å². The minimum absolute atomic E-state index is 0.245. The number of aromatic nitrogens is 1. The van der Waals surface area contributed by atoms with Gasteiger partial charge in [0.25, 0.3) is 5.91 Å². The van der Waals surface area contributed by atoms with E-state index in [1.165, 1.54) is 6.20 Å². The Morgan fingerprint density at radius 1 is 0.920 bits per heavy atom. The van der Waals surface area contributed by atoms with E-state index in [0.717, 1.165) is 11.3 Å². The summed E-state index contributed by atoms with van der Waals surface area (Å²) in [4.78, 5) is 16.5. The van der Waals surface area contributed by atoms with E-state index >= 15 is 0 Å². The highest BCUT2D eigenvalue weighted by Gasteiger charge is 2.08. The van der Waals surface area contributed by atoms with Gasteiger partial charge in [-0.15, -0.1) is 0 Å². The summed E-state index contributed by atoms with van der Waals surface area (Å²) in [5, 5.41) is 7.31. The van der Waals surface area contributed by atoms with Gasteiger partial charge in [0.05, 0.1) is 11.3 Å². The maximum Gasteiger partial charge on any atom is 0.257 e. The molecule has 0 spiro atoms. The zero-order valence-electron chi connectivity index (χ0n) is 13.2. The summed E-state index contributed by atoms with van der Waals surface area (Å²) in [7, 11) is 0. The molecule has 0 aliphatic heterocycles. The predicted octanol–water partition coefficient (Wildman–Crippen LogP) is 5.25. The summed E-state index contributed by atoms with van der Waals surface area (Å²) in [5.74, 6) is -0.245. The first kappa shape index (κ1) is 17.3. The number of hydrogen-bond donors (Lipinski definition) is 2. The second kappa shape index (κ2) is 8.01. The van der Waals surface area contributed by atoms with Crippen molar-refractivity contribution in [3.8, 4) is 0 Å². The third kappa shape index (κ3) is 4.95. The van der Waals surface area contributed by atoms with Crippen LogP contribution in [0.2, 0.25) is 10.0 Å². The fraction of sp³-hybridized carbons (Fsp3) is 0.0526. The molecule has 25 heavy (non-hydrogen) atoms. The summed E-state index contributed by atoms with van der Waals surface area (Å²) in [5.41, 5.74) is 2.94. The van der Waals surface area contributed by atoms with Gasteiger partial charge in [-0.25, -0.2) is 0 Å². The van der Waals surface area contributed by atoms with Crippen LogP contribution < -0.4 is 10.6 Å². The van der Waals surface area contributed by atoms with E-state index in [1.807, 2.05) is 24.3 Å². The van der Waals surface area contributed by atoms with Crippen molar-refractivity contribution in [2.75, 3.05) is 10.6 Å². The molecule has 3 aromatic rings. The lowest BCUT2D eigenvalue weighted by Crippen LogP contribution is -2.12. The Morgan fingerprint density at radius 3 is 2.48 bits per heavy atom. The van der Waals surface area contributed by atoms with Crippen LogP contribution in [0.15, 0.2) is 67.0 Å². The molecular formula is C19H15Cl2N3O. The van der Waals surface area contributed by atoms with Crippen LogP contribution in [0.1, 0.15) is 15.9 Å². The largest absolute Gasteiger partial charge is 0.380 e. The first-order valence-corrected chi connectivity index (χ1v) is 8.36. The van der Waals surface area contributed by atoms with Crippen LogP contribution in [0.25, 0.3) is 0 Å². The molecular weight excluding hydrogens is 357 g/mol. The Morgan fingerprint density at radius 2 is 1.72 bits per heavy atom. The van der Waals surface area contributed by atoms with Crippen molar-refractivity contribution in [2.24, 2.45) is 0 Å². The maximum absolute atomic E-state index is 12.4. The van der Waals surface area contributed by atoms with Gasteiger partial charge in [-0.3, -0.25) is 9.78 Å². The first-order valence-electron chi connectivity index (χ1n) is 7.60. The fourth-order valence-electron chi connectivity index (χ4n) is 2.24. The Balaban J connectivity index is 1.66. The number of nitrogens with zero attached hydrogens (tertiary/aromatic N) is 1. The second-order valence-corrected chi connectivity index (χ2v) is 6.28. The van der Waals surface area contributed by atoms with Crippen molar-refractivity contribution in [1.29, 1.82) is 0 Å². The van der Waals surface area contributed by atoms with Gasteiger partial charge < -0.3 is 10.6 Å². The molecule has 1 amide bonds. The Hall–Kier alpha value is -2.56. The van der Waals surface area contributed by atoms with Crippen molar-refractivity contribution in [3.05, 3.63) is 88.2 Å². The molecule has 0 saturated carbocycles. The smallest absolute Gasteiger partial charge is 0.257 e. The van der Waals surface area contributed by atoms with Crippen molar-refractivity contribution >= 4 is 40.5 Å². The van der Waals surface area contributed by atoms with E-state index in [4.69, 9.17) is 23.2 Å². The molecule has 0 atom stereocenters. The van der Waals surface area contributed by atoms with Crippen molar-refractivity contribution < 1.29 is 4.79 Å². The van der Waals surface area contributed by atoms with Crippen molar-refractivity contribution in [2.45, 2.75) is 6.54 Å². The molecule has 0 aliphatic rings. The number of carbonyl (C=O) groups excluding carboxylic acids is 1. The van der Waals surface area contributed by atoms with Gasteiger partial charge in [-0.2, -0.15) is 0 Å². The summed E-state index contributed by atoms with van der Waals surface area (Å²) < 4.78 is 0. The molecule has 6 heteroatoms. The molecule has 0 unspecified atom stereocenters. The van der Waals surface area contributed by atoms with Gasteiger partial charge in [0.2, 0.25) is 0 Å². The molecule has 1 aromatic heterocycles. The average Bonchev–Trinajstić information content (AvgIpc) is 2.61. The van der Waals surface area contributed by atoms with E-state index in [-0.39, 0.29) is 5.91 Å². The van der Waals surface area contributed by atoms with Crippen LogP contribution in [-0.2, 0) is 6.54 Å². The maximum atomic E-state index is 12.4. The van der Waals surface area contributed by atoms with Crippen LogP contribution in [0.3, 0.4) is 0 Å². The van der Waals surface area contributed by atoms with E-state index in [2.05, 4.69) is 15.6 Å². The number of hydrogen-bond acceptors (Lipinski definition) is 3. The lowest BCUT2D eigenvalue weighted by molar-refractivity contribution is 0.102. The number of amides is 1. The number of benzene rings is 2. The van der Waals surface area contributed by atoms with Crippen molar-refractivity contribution in [1.82, 2.24) is 4.98 Å². The standard InChI is InChI=1S/C19H15Cl2N3O/c20-15-6-4-13(5-7-15)10-23-18-8-14(11-22-12-18)19(25)24-17-3-1-2-16(21)9-17/h1-9,11-12,23H,10H2,(H,24,25). The Kier molecular flexibility index (Phi) is 5.53. The quantitative estimate of drug-likeness (QED) is 0.643. The van der Waals surface area contributed by atoms with Crippen LogP contribution in [0, 0.1) is 0 Å². The van der Waals surface area contributed by atoms with Gasteiger partial charge >= 0.3 is 0 Å². The van der Waals surface area contributed by atoms with Gasteiger partial charge in [-0.05, 0) is 42.0 Å². The number of rotatable bonds is 5. The van der Waals surface area contributed by atoms with E-state index in [0.29, 0.717) is 27.8 Å². The summed E-state index contributed by atoms with van der Waals surface area (Å²) in [6.45, 7) is 0.609. The van der Waals surface area contributed by atoms with Crippen LogP contribution in [0.4, 0.5) is 11.4 Å². The molecule has 0 fully saturated rings. The second-order valence-electron chi connectivity index (χ2n) is 5.41. The third-order valence-corrected chi connectivity index (χ3v) is 3.98. The molecule has 0 bridgehead atoms. The Labute approximate surface area is 155 Å². The molecule has 2 N–H and O–H groups in total. The molecule has 2 aromatic carbocycles. The summed E-state index contributed by atoms with van der Waals surface area (Å²) in [6.07, 6.45) is 3.19. The lowest BCUT2D eigenvalue weighted by atomic mass is 10.2. The zero-order valence-corrected chi connectivity index (χ0v) is 14.7. The topological polar surface area (TPSA) is 54.0 Å². The van der Waals surface area contributed by atoms with Gasteiger partial charge in [0.1, 0.15) is 0 Å². The number of pyridine rings is 1. The molecule has 126 valence electrons. The number of anilines is 2. The molecule has 4 nitrogen and oxygen atoms in total. The molecule has 0 saturated heterocycles. The monoisotopic (exact) mass is 371 g/mol. The number of nitrogens with one attached hydrogen (secondary N) is 2. The minimum Gasteiger partial charge on any atom is -0.380 e. The zero-order chi connectivity index (χ0) is 17.6. The molecule has 1 heterocycles. The number of carbonyl (C=O) groups is 1. The van der Waals surface area contributed by atoms with Gasteiger partial charge in [-0.1, -0.05) is 41.4 Å². The number of halogens is 2. The lowest BCUT2D eigenvalue weighted by Gasteiger charge is -2.09. The van der Waals surface area contributed by atoms with Gasteiger partial charge in [0.15, 0.2) is 0 Å². The van der Waals surface area contributed by atoms with E-state index < -0.39 is 0 Å². The predicted molar refractivity (Wildman–Crippen MR) is 102 cm³/mol. The van der Waals surface area contributed by atoms with E-state index in [1.54, 1.807) is 36.5 Å². The SMILES string of the molecule is O=C(Nc1cccc(Cl)c1)c1cncc(NCc2ccc(Cl)cc2)c1. The highest BCUT2D eigenvalue weighted by atomic mass is 35.5. The third-order valence-electron chi connectivity index (χ3n) is 3.49. The van der Waals surface area contributed by atoms with Crippen LogP contribution >= 0.6 is 23.2 Å². The molecule has 3 rings (SSSR count). The van der Waals surface area contributed by atoms with E-state index in [9.17, 15) is 4.79 Å². The van der Waals surface area contributed by atoms with Crippen LogP contribution in [-0.4, -0.2) is 10.9 Å². The normalized spacial score (nSPS) is 10.3. The van der Waals surface area contributed by atoms with Gasteiger partial charge in [0, 0.05) is 34.7 Å². The average molecular weight is 372 g/mol. The van der Waals surface area contributed by atoms with Crippen LogP contribution in [0.5, 0.6) is 0 Å². The molecule has 0 aliphatic carbocycles. The minimum atomic E-state index is -0.245.